The van der Waals surface area contributed by atoms with Gasteiger partial charge in [0.05, 0.1) is 0 Å². The molecule has 0 bridgehead atoms. The summed E-state index contributed by atoms with van der Waals surface area (Å²) in [5.74, 6) is 0.649. The number of hydrogen-bond acceptors (Lipinski definition) is 1. The Kier molecular flexibility index (Phi) is 2.50. The molecule has 0 fully saturated rings. The van der Waals surface area contributed by atoms with Gasteiger partial charge in [-0.25, -0.2) is 0 Å². The molecule has 2 rings (SSSR count). The Bertz CT molecular complexity index is 363. The molecule has 1 N–H and O–H groups in total. The van der Waals surface area contributed by atoms with Crippen molar-refractivity contribution < 1.29 is 5.11 Å². The molecule has 14 heavy (non-hydrogen) atoms. The number of allylic oxidation sites excluding steroid dienone is 11. The molecule has 0 radical (unpaired) electrons. The van der Waals surface area contributed by atoms with Crippen molar-refractivity contribution in [2.24, 2.45) is 5.92 Å². The number of aliphatic hydroxyl groups is 1. The molecule has 0 unspecified atom stereocenters. The molecule has 1 heteroatoms. The Morgan fingerprint density at radius 3 is 2.36 bits per heavy atom. The fraction of sp³-hybridized carbons (Fsp3) is 0.0769. The molecule has 0 aromatic carbocycles. The minimum absolute atomic E-state index is 0.323. The van der Waals surface area contributed by atoms with Crippen LogP contribution in [0.25, 0.3) is 0 Å². The van der Waals surface area contributed by atoms with Crippen LogP contribution in [0.4, 0.5) is 0 Å². The minimum Gasteiger partial charge on any atom is -0.507 e. The van der Waals surface area contributed by atoms with E-state index in [4.69, 9.17) is 0 Å². The molecule has 0 aliphatic heterocycles. The number of hydrogen-bond donors (Lipinski definition) is 1. The van der Waals surface area contributed by atoms with Gasteiger partial charge in [0, 0.05) is 11.5 Å². The van der Waals surface area contributed by atoms with Crippen LogP contribution in [0.15, 0.2) is 72.1 Å². The van der Waals surface area contributed by atoms with E-state index < -0.39 is 0 Å². The van der Waals surface area contributed by atoms with E-state index in [1.807, 2.05) is 42.5 Å². The second-order valence-corrected chi connectivity index (χ2v) is 3.27. The van der Waals surface area contributed by atoms with Crippen LogP contribution in [0.1, 0.15) is 0 Å². The molecule has 0 saturated carbocycles. The van der Waals surface area contributed by atoms with Crippen LogP contribution in [0, 0.1) is 5.92 Å². The molecule has 0 atom stereocenters. The molecular weight excluding hydrogens is 172 g/mol. The summed E-state index contributed by atoms with van der Waals surface area (Å²) in [4.78, 5) is 0. The predicted molar refractivity (Wildman–Crippen MR) is 58.8 cm³/mol. The molecule has 0 spiro atoms. The van der Waals surface area contributed by atoms with E-state index in [-0.39, 0.29) is 0 Å². The van der Waals surface area contributed by atoms with Gasteiger partial charge in [-0.05, 0) is 6.08 Å². The van der Waals surface area contributed by atoms with Crippen LogP contribution in [-0.4, -0.2) is 5.11 Å². The lowest BCUT2D eigenvalue weighted by molar-refractivity contribution is 0.429. The third kappa shape index (κ3) is 1.94. The van der Waals surface area contributed by atoms with Gasteiger partial charge >= 0.3 is 0 Å². The van der Waals surface area contributed by atoms with Gasteiger partial charge < -0.3 is 5.11 Å². The zero-order valence-corrected chi connectivity index (χ0v) is 7.80. The maximum atomic E-state index is 9.65. The maximum absolute atomic E-state index is 9.65. The van der Waals surface area contributed by atoms with E-state index in [1.165, 1.54) is 0 Å². The van der Waals surface area contributed by atoms with Crippen LogP contribution < -0.4 is 0 Å². The summed E-state index contributed by atoms with van der Waals surface area (Å²) in [6, 6.07) is 0. The normalized spacial score (nSPS) is 19.3. The van der Waals surface area contributed by atoms with Crippen LogP contribution in [0.3, 0.4) is 0 Å². The standard InChI is InChI=1S/C13H12O/c14-13(12-7-3-4-8-12)10-9-11-5-1-2-6-11/h1-11,14H. The van der Waals surface area contributed by atoms with Gasteiger partial charge in [-0.2, -0.15) is 0 Å². The Hall–Kier alpha value is -1.76. The van der Waals surface area contributed by atoms with Crippen LogP contribution in [-0.2, 0) is 0 Å². The summed E-state index contributed by atoms with van der Waals surface area (Å²) in [5, 5.41) is 9.65. The Balaban J connectivity index is 2.07. The molecule has 0 aromatic rings. The SMILES string of the molecule is OC(C=CC1C=CC=C1)=C1C=CC=C1. The summed E-state index contributed by atoms with van der Waals surface area (Å²) in [7, 11) is 0. The van der Waals surface area contributed by atoms with Crippen molar-refractivity contribution in [3.8, 4) is 0 Å². The van der Waals surface area contributed by atoms with Crippen molar-refractivity contribution in [3.63, 3.8) is 0 Å². The molecular formula is C13H12O. The smallest absolute Gasteiger partial charge is 0.122 e. The van der Waals surface area contributed by atoms with Gasteiger partial charge in [0.25, 0.3) is 0 Å². The van der Waals surface area contributed by atoms with Crippen LogP contribution in [0.2, 0.25) is 0 Å². The molecule has 0 heterocycles. The average molecular weight is 184 g/mol. The number of rotatable bonds is 2. The van der Waals surface area contributed by atoms with E-state index in [0.717, 1.165) is 5.57 Å². The van der Waals surface area contributed by atoms with Gasteiger partial charge in [0.15, 0.2) is 0 Å². The monoisotopic (exact) mass is 184 g/mol. The fourth-order valence-electron chi connectivity index (χ4n) is 1.42. The lowest BCUT2D eigenvalue weighted by Crippen LogP contribution is -1.84. The van der Waals surface area contributed by atoms with Crippen molar-refractivity contribution in [3.05, 3.63) is 72.1 Å². The van der Waals surface area contributed by atoms with Crippen LogP contribution >= 0.6 is 0 Å². The third-order valence-corrected chi connectivity index (χ3v) is 2.21. The van der Waals surface area contributed by atoms with Gasteiger partial charge in [-0.1, -0.05) is 54.7 Å². The van der Waals surface area contributed by atoms with E-state index in [2.05, 4.69) is 12.2 Å². The zero-order chi connectivity index (χ0) is 9.80. The lowest BCUT2D eigenvalue weighted by atomic mass is 10.1. The second kappa shape index (κ2) is 3.97. The first kappa shape index (κ1) is 8.82. The highest BCUT2D eigenvalue weighted by Crippen LogP contribution is 2.15. The molecule has 2 aliphatic rings. The van der Waals surface area contributed by atoms with E-state index in [0.29, 0.717) is 11.7 Å². The van der Waals surface area contributed by atoms with Crippen molar-refractivity contribution in [2.75, 3.05) is 0 Å². The highest BCUT2D eigenvalue weighted by Gasteiger charge is 2.01. The van der Waals surface area contributed by atoms with Crippen molar-refractivity contribution in [1.29, 1.82) is 0 Å². The first-order chi connectivity index (χ1) is 6.86. The summed E-state index contributed by atoms with van der Waals surface area (Å²) in [5.41, 5.74) is 0.868. The Morgan fingerprint density at radius 2 is 1.71 bits per heavy atom. The summed E-state index contributed by atoms with van der Waals surface area (Å²) < 4.78 is 0. The summed E-state index contributed by atoms with van der Waals surface area (Å²) in [6.45, 7) is 0. The maximum Gasteiger partial charge on any atom is 0.122 e. The van der Waals surface area contributed by atoms with Gasteiger partial charge in [0.2, 0.25) is 0 Å². The first-order valence-corrected chi connectivity index (χ1v) is 4.67. The lowest BCUT2D eigenvalue weighted by Gasteiger charge is -1.97. The molecule has 0 aromatic heterocycles. The highest BCUT2D eigenvalue weighted by molar-refractivity contribution is 5.44. The topological polar surface area (TPSA) is 20.2 Å². The second-order valence-electron chi connectivity index (χ2n) is 3.27. The quantitative estimate of drug-likeness (QED) is 0.653. The zero-order valence-electron chi connectivity index (χ0n) is 7.80. The van der Waals surface area contributed by atoms with E-state index >= 15 is 0 Å². The number of aliphatic hydroxyl groups excluding tert-OH is 1. The third-order valence-electron chi connectivity index (χ3n) is 2.21. The molecule has 70 valence electrons. The van der Waals surface area contributed by atoms with Gasteiger partial charge in [-0.3, -0.25) is 0 Å². The van der Waals surface area contributed by atoms with Gasteiger partial charge in [0.1, 0.15) is 5.76 Å². The largest absolute Gasteiger partial charge is 0.507 e. The Morgan fingerprint density at radius 1 is 1.07 bits per heavy atom. The molecule has 0 amide bonds. The first-order valence-electron chi connectivity index (χ1n) is 4.67. The molecule has 2 aliphatic carbocycles. The fourth-order valence-corrected chi connectivity index (χ4v) is 1.42. The van der Waals surface area contributed by atoms with E-state index in [1.54, 1.807) is 6.08 Å². The van der Waals surface area contributed by atoms with Crippen LogP contribution in [0.5, 0.6) is 0 Å². The summed E-state index contributed by atoms with van der Waals surface area (Å²) in [6.07, 6.45) is 19.5. The minimum atomic E-state index is 0.323. The van der Waals surface area contributed by atoms with E-state index in [9.17, 15) is 5.11 Å². The van der Waals surface area contributed by atoms with Crippen molar-refractivity contribution in [2.45, 2.75) is 0 Å². The van der Waals surface area contributed by atoms with Gasteiger partial charge in [-0.15, -0.1) is 0 Å². The predicted octanol–water partition coefficient (Wildman–Crippen LogP) is 3.22. The molecule has 0 saturated heterocycles. The Labute approximate surface area is 83.8 Å². The summed E-state index contributed by atoms with van der Waals surface area (Å²) >= 11 is 0. The highest BCUT2D eigenvalue weighted by atomic mass is 16.3. The average Bonchev–Trinajstić information content (AvgIpc) is 2.87. The van der Waals surface area contributed by atoms with Crippen molar-refractivity contribution >= 4 is 0 Å². The van der Waals surface area contributed by atoms with Crippen molar-refractivity contribution in [1.82, 2.24) is 0 Å². The molecule has 1 nitrogen and oxygen atoms in total.